The number of carbonyl (C=O) groups is 1. The molecule has 1 aliphatic heterocycles. The molecule has 2 aromatic heterocycles. The molecular formula is C16H18F3N5O. The third-order valence-electron chi connectivity index (χ3n) is 4.35. The Morgan fingerprint density at radius 3 is 2.80 bits per heavy atom. The number of halogens is 3. The van der Waals surface area contributed by atoms with Crippen LogP contribution in [-0.4, -0.2) is 33.5 Å². The second-order valence-corrected chi connectivity index (χ2v) is 6.14. The summed E-state index contributed by atoms with van der Waals surface area (Å²) in [4.78, 5) is 21.0. The Labute approximate surface area is 142 Å². The van der Waals surface area contributed by atoms with Crippen LogP contribution < -0.4 is 10.6 Å². The van der Waals surface area contributed by atoms with E-state index in [-0.39, 0.29) is 11.6 Å². The van der Waals surface area contributed by atoms with E-state index in [1.165, 1.54) is 10.8 Å². The largest absolute Gasteiger partial charge is 0.434 e. The molecule has 9 heteroatoms. The molecule has 25 heavy (non-hydrogen) atoms. The Morgan fingerprint density at radius 1 is 1.40 bits per heavy atom. The number of nitrogens with two attached hydrogens (primary N) is 1. The number of imidazole rings is 1. The lowest BCUT2D eigenvalue weighted by Gasteiger charge is -2.34. The molecule has 3 rings (SSSR count). The Balaban J connectivity index is 1.83. The number of alkyl halides is 3. The summed E-state index contributed by atoms with van der Waals surface area (Å²) >= 11 is 0. The van der Waals surface area contributed by atoms with E-state index in [0.29, 0.717) is 12.4 Å². The van der Waals surface area contributed by atoms with E-state index in [4.69, 9.17) is 5.73 Å². The van der Waals surface area contributed by atoms with Crippen LogP contribution in [-0.2, 0) is 13.2 Å². The third-order valence-corrected chi connectivity index (χ3v) is 4.35. The van der Waals surface area contributed by atoms with Gasteiger partial charge in [0, 0.05) is 44.1 Å². The van der Waals surface area contributed by atoms with Crippen LogP contribution in [0, 0.1) is 0 Å². The quantitative estimate of drug-likeness (QED) is 0.919. The molecule has 0 spiro atoms. The summed E-state index contributed by atoms with van der Waals surface area (Å²) in [5.74, 6) is -0.324. The first-order valence-corrected chi connectivity index (χ1v) is 7.87. The monoisotopic (exact) mass is 353 g/mol. The Morgan fingerprint density at radius 2 is 2.16 bits per heavy atom. The van der Waals surface area contributed by atoms with Gasteiger partial charge in [0.2, 0.25) is 0 Å². The maximum absolute atomic E-state index is 12.9. The van der Waals surface area contributed by atoms with Gasteiger partial charge in [-0.15, -0.1) is 0 Å². The van der Waals surface area contributed by atoms with Crippen LogP contribution in [0.3, 0.4) is 0 Å². The van der Waals surface area contributed by atoms with Gasteiger partial charge in [-0.1, -0.05) is 0 Å². The third kappa shape index (κ3) is 3.59. The summed E-state index contributed by atoms with van der Waals surface area (Å²) in [5, 5.41) is 0. The van der Waals surface area contributed by atoms with E-state index in [1.807, 2.05) is 4.90 Å². The van der Waals surface area contributed by atoms with Crippen molar-refractivity contribution in [2.75, 3.05) is 18.0 Å². The van der Waals surface area contributed by atoms with Gasteiger partial charge in [0.15, 0.2) is 5.69 Å². The minimum Gasteiger partial charge on any atom is -0.371 e. The lowest BCUT2D eigenvalue weighted by atomic mass is 9.96. The average molecular weight is 353 g/mol. The van der Waals surface area contributed by atoms with Crippen molar-refractivity contribution in [2.24, 2.45) is 12.8 Å². The van der Waals surface area contributed by atoms with Crippen LogP contribution in [0.15, 0.2) is 24.5 Å². The lowest BCUT2D eigenvalue weighted by Crippen LogP contribution is -2.35. The summed E-state index contributed by atoms with van der Waals surface area (Å²) in [7, 11) is 1.58. The smallest absolute Gasteiger partial charge is 0.371 e. The average Bonchev–Trinajstić information content (AvgIpc) is 2.97. The molecule has 1 fully saturated rings. The van der Waals surface area contributed by atoms with Gasteiger partial charge in [-0.25, -0.2) is 4.98 Å². The molecule has 0 saturated carbocycles. The van der Waals surface area contributed by atoms with Crippen molar-refractivity contribution in [3.63, 3.8) is 0 Å². The number of rotatable bonds is 3. The molecule has 3 heterocycles. The number of piperidine rings is 1. The van der Waals surface area contributed by atoms with Gasteiger partial charge in [0.05, 0.1) is 0 Å². The number of carbonyl (C=O) groups excluding carboxylic acids is 1. The van der Waals surface area contributed by atoms with Crippen molar-refractivity contribution in [1.29, 1.82) is 0 Å². The zero-order valence-corrected chi connectivity index (χ0v) is 13.6. The number of pyridine rings is 1. The van der Waals surface area contributed by atoms with Gasteiger partial charge in [0.25, 0.3) is 5.91 Å². The highest BCUT2D eigenvalue weighted by Gasteiger charge is 2.36. The predicted molar refractivity (Wildman–Crippen MR) is 85.2 cm³/mol. The molecule has 0 aromatic carbocycles. The molecular weight excluding hydrogens is 335 g/mol. The van der Waals surface area contributed by atoms with Crippen molar-refractivity contribution < 1.29 is 18.0 Å². The molecule has 1 aliphatic rings. The molecule has 2 N–H and O–H groups in total. The first-order valence-electron chi connectivity index (χ1n) is 7.87. The van der Waals surface area contributed by atoms with Gasteiger partial charge >= 0.3 is 6.18 Å². The van der Waals surface area contributed by atoms with Crippen LogP contribution in [0.25, 0.3) is 0 Å². The van der Waals surface area contributed by atoms with Crippen LogP contribution in [0.2, 0.25) is 0 Å². The van der Waals surface area contributed by atoms with Gasteiger partial charge in [0.1, 0.15) is 11.5 Å². The van der Waals surface area contributed by atoms with Crippen LogP contribution >= 0.6 is 0 Å². The molecule has 0 radical (unpaired) electrons. The summed E-state index contributed by atoms with van der Waals surface area (Å²) in [6.07, 6.45) is -0.362. The lowest BCUT2D eigenvalue weighted by molar-refractivity contribution is -0.141. The zero-order chi connectivity index (χ0) is 18.2. The summed E-state index contributed by atoms with van der Waals surface area (Å²) in [5.41, 5.74) is 5.32. The Bertz CT molecular complexity index is 786. The minimum absolute atomic E-state index is 0.125. The van der Waals surface area contributed by atoms with Crippen molar-refractivity contribution in [3.05, 3.63) is 41.7 Å². The van der Waals surface area contributed by atoms with Crippen LogP contribution in [0.4, 0.5) is 18.9 Å². The van der Waals surface area contributed by atoms with E-state index in [0.717, 1.165) is 31.3 Å². The fraction of sp³-hybridized carbons (Fsp3) is 0.438. The standard InChI is InChI=1S/C16H18F3N5O/c1-23-9-13(16(17,18)19)22-15(23)10-3-2-6-24(8-10)11-4-5-21-12(7-11)14(20)25/h4-5,7,9-10H,2-3,6,8H2,1H3,(H2,20,25). The van der Waals surface area contributed by atoms with E-state index in [2.05, 4.69) is 9.97 Å². The molecule has 0 bridgehead atoms. The first kappa shape index (κ1) is 17.2. The van der Waals surface area contributed by atoms with Gasteiger partial charge in [-0.05, 0) is 25.0 Å². The van der Waals surface area contributed by atoms with Crippen molar-refractivity contribution in [3.8, 4) is 0 Å². The molecule has 2 aromatic rings. The van der Waals surface area contributed by atoms with Crippen LogP contribution in [0.1, 0.15) is 40.8 Å². The van der Waals surface area contributed by atoms with Crippen molar-refractivity contribution in [2.45, 2.75) is 24.9 Å². The van der Waals surface area contributed by atoms with Gasteiger partial charge in [-0.2, -0.15) is 13.2 Å². The SMILES string of the molecule is Cn1cc(C(F)(F)F)nc1C1CCCN(c2ccnc(C(N)=O)c2)C1. The van der Waals surface area contributed by atoms with Crippen molar-refractivity contribution >= 4 is 11.6 Å². The van der Waals surface area contributed by atoms with Crippen molar-refractivity contribution in [1.82, 2.24) is 14.5 Å². The number of nitrogens with zero attached hydrogens (tertiary/aromatic N) is 4. The minimum atomic E-state index is -4.45. The van der Waals surface area contributed by atoms with E-state index < -0.39 is 17.8 Å². The number of aryl methyl sites for hydroxylation is 1. The molecule has 1 amide bonds. The highest BCUT2D eigenvalue weighted by atomic mass is 19.4. The van der Waals surface area contributed by atoms with Gasteiger partial charge in [-0.3, -0.25) is 9.78 Å². The summed E-state index contributed by atoms with van der Waals surface area (Å²) in [6.45, 7) is 1.26. The Kier molecular flexibility index (Phi) is 4.40. The topological polar surface area (TPSA) is 77.0 Å². The number of primary amides is 1. The highest BCUT2D eigenvalue weighted by Crippen LogP contribution is 2.33. The second-order valence-electron chi connectivity index (χ2n) is 6.14. The van der Waals surface area contributed by atoms with E-state index in [9.17, 15) is 18.0 Å². The fourth-order valence-corrected chi connectivity index (χ4v) is 3.17. The molecule has 0 aliphatic carbocycles. The normalized spacial score (nSPS) is 18.4. The molecule has 1 unspecified atom stereocenters. The predicted octanol–water partition coefficient (Wildman–Crippen LogP) is 2.32. The van der Waals surface area contributed by atoms with E-state index >= 15 is 0 Å². The summed E-state index contributed by atoms with van der Waals surface area (Å²) < 4.78 is 40.1. The number of amides is 1. The molecule has 1 saturated heterocycles. The summed E-state index contributed by atoms with van der Waals surface area (Å²) in [6, 6.07) is 3.36. The number of hydrogen-bond acceptors (Lipinski definition) is 4. The number of aromatic nitrogens is 3. The van der Waals surface area contributed by atoms with Gasteiger partial charge < -0.3 is 15.2 Å². The van der Waals surface area contributed by atoms with Crippen LogP contribution in [0.5, 0.6) is 0 Å². The number of hydrogen-bond donors (Lipinski definition) is 1. The highest BCUT2D eigenvalue weighted by molar-refractivity contribution is 5.91. The number of anilines is 1. The molecule has 6 nitrogen and oxygen atoms in total. The molecule has 1 atom stereocenters. The maximum Gasteiger partial charge on any atom is 0.434 e. The zero-order valence-electron chi connectivity index (χ0n) is 13.6. The molecule has 134 valence electrons. The Hall–Kier alpha value is -2.58. The van der Waals surface area contributed by atoms with E-state index in [1.54, 1.807) is 19.2 Å². The maximum atomic E-state index is 12.9. The first-order chi connectivity index (χ1) is 11.8. The second kappa shape index (κ2) is 6.38. The fourth-order valence-electron chi connectivity index (χ4n) is 3.17.